The van der Waals surface area contributed by atoms with Gasteiger partial charge in [-0.1, -0.05) is 36.4 Å². The van der Waals surface area contributed by atoms with Crippen molar-refractivity contribution in [2.75, 3.05) is 38.1 Å². The largest absolute Gasteiger partial charge is 0.481 e. The first-order valence-corrected chi connectivity index (χ1v) is 14.7. The molecule has 0 bridgehead atoms. The van der Waals surface area contributed by atoms with Crippen molar-refractivity contribution in [1.82, 2.24) is 20.5 Å². The molecule has 228 valence electrons. The number of amides is 3. The highest BCUT2D eigenvalue weighted by Crippen LogP contribution is 2.22. The molecule has 1 fully saturated rings. The quantitative estimate of drug-likeness (QED) is 0.216. The molecule has 1 saturated heterocycles. The zero-order valence-corrected chi connectivity index (χ0v) is 24.5. The van der Waals surface area contributed by atoms with E-state index >= 15 is 0 Å². The Morgan fingerprint density at radius 2 is 1.84 bits per heavy atom. The Bertz CT molecular complexity index is 1370. The van der Waals surface area contributed by atoms with Crippen molar-refractivity contribution in [1.29, 1.82) is 0 Å². The second-order valence-electron chi connectivity index (χ2n) is 10.1. The topological polar surface area (TPSA) is 159 Å². The normalized spacial score (nSPS) is 16.7. The Balaban J connectivity index is 1.26. The van der Waals surface area contributed by atoms with Crippen molar-refractivity contribution in [3.8, 4) is 0 Å². The summed E-state index contributed by atoms with van der Waals surface area (Å²) >= 11 is 1.27. The number of pyridine rings is 1. The molecule has 0 aliphatic carbocycles. The van der Waals surface area contributed by atoms with Crippen LogP contribution in [0, 0.1) is 12.8 Å². The molecule has 12 nitrogen and oxygen atoms in total. The Morgan fingerprint density at radius 1 is 1.07 bits per heavy atom. The fourth-order valence-corrected chi connectivity index (χ4v) is 5.37. The lowest BCUT2D eigenvalue weighted by atomic mass is 10.1. The third-order valence-corrected chi connectivity index (χ3v) is 7.94. The number of hydrogen-bond acceptors (Lipinski definition) is 9. The van der Waals surface area contributed by atoms with E-state index in [2.05, 4.69) is 20.9 Å². The summed E-state index contributed by atoms with van der Waals surface area (Å²) in [6.07, 6.45) is 1.20. The summed E-state index contributed by atoms with van der Waals surface area (Å²) in [6, 6.07) is 16.4. The predicted molar refractivity (Wildman–Crippen MR) is 160 cm³/mol. The molecule has 0 radical (unpaired) electrons. The summed E-state index contributed by atoms with van der Waals surface area (Å²) in [7, 11) is 0. The van der Waals surface area contributed by atoms with Gasteiger partial charge in [0, 0.05) is 25.8 Å². The number of benzene rings is 1. The monoisotopic (exact) mass is 609 g/mol. The highest BCUT2D eigenvalue weighted by Gasteiger charge is 2.37. The number of aromatic nitrogens is 1. The third kappa shape index (κ3) is 9.51. The zero-order chi connectivity index (χ0) is 30.6. The number of anilines is 1. The molecule has 3 atom stereocenters. The summed E-state index contributed by atoms with van der Waals surface area (Å²) < 4.78 is 11.4. The Kier molecular flexibility index (Phi) is 11.5. The minimum atomic E-state index is -1.15. The number of rotatable bonds is 14. The molecule has 4 rings (SSSR count). The summed E-state index contributed by atoms with van der Waals surface area (Å²) in [5, 5.41) is 19.8. The van der Waals surface area contributed by atoms with E-state index in [4.69, 9.17) is 9.47 Å². The van der Waals surface area contributed by atoms with Gasteiger partial charge in [0.05, 0.1) is 29.5 Å². The Morgan fingerprint density at radius 3 is 2.53 bits per heavy atom. The average molecular weight is 610 g/mol. The highest BCUT2D eigenvalue weighted by atomic mass is 32.1. The van der Waals surface area contributed by atoms with Crippen LogP contribution in [0.5, 0.6) is 0 Å². The van der Waals surface area contributed by atoms with Gasteiger partial charge in [-0.05, 0) is 48.1 Å². The van der Waals surface area contributed by atoms with Crippen molar-refractivity contribution >= 4 is 41.0 Å². The van der Waals surface area contributed by atoms with Crippen LogP contribution in [0.15, 0.2) is 66.2 Å². The van der Waals surface area contributed by atoms with Crippen LogP contribution in [-0.4, -0.2) is 83.8 Å². The molecule has 3 heterocycles. The molecule has 0 saturated carbocycles. The smallest absolute Gasteiger partial charge is 0.410 e. The van der Waals surface area contributed by atoms with Crippen molar-refractivity contribution in [2.45, 2.75) is 32.1 Å². The number of ether oxygens (including phenoxy) is 2. The molecule has 1 aliphatic rings. The van der Waals surface area contributed by atoms with E-state index in [1.807, 2.05) is 54.6 Å². The van der Waals surface area contributed by atoms with Crippen molar-refractivity contribution in [3.63, 3.8) is 0 Å². The second-order valence-corrected chi connectivity index (χ2v) is 11.0. The number of aryl methyl sites for hydroxylation is 1. The maximum atomic E-state index is 13.0. The van der Waals surface area contributed by atoms with Crippen molar-refractivity contribution in [2.24, 2.45) is 5.92 Å². The summed E-state index contributed by atoms with van der Waals surface area (Å²) in [5.41, 5.74) is 1.67. The van der Waals surface area contributed by atoms with Crippen LogP contribution in [0.3, 0.4) is 0 Å². The number of nitrogens with zero attached hydrogens (tertiary/aromatic N) is 2. The molecule has 1 aliphatic heterocycles. The van der Waals surface area contributed by atoms with E-state index in [0.29, 0.717) is 23.7 Å². The van der Waals surface area contributed by atoms with Crippen LogP contribution >= 0.6 is 11.3 Å². The van der Waals surface area contributed by atoms with Gasteiger partial charge in [0.15, 0.2) is 0 Å². The molecule has 0 unspecified atom stereocenters. The lowest BCUT2D eigenvalue weighted by Crippen LogP contribution is -2.41. The Hall–Kier alpha value is -4.49. The van der Waals surface area contributed by atoms with E-state index in [1.54, 1.807) is 23.4 Å². The highest BCUT2D eigenvalue weighted by molar-refractivity contribution is 7.12. The molecule has 1 aromatic carbocycles. The van der Waals surface area contributed by atoms with E-state index in [0.717, 1.165) is 11.1 Å². The van der Waals surface area contributed by atoms with Gasteiger partial charge in [0.2, 0.25) is 5.91 Å². The number of carboxylic acid groups (broad SMARTS) is 1. The first-order valence-electron chi connectivity index (χ1n) is 13.9. The van der Waals surface area contributed by atoms with Crippen LogP contribution in [0.1, 0.15) is 27.2 Å². The number of carboxylic acids is 1. The number of carbonyl (C=O) groups is 4. The van der Waals surface area contributed by atoms with Crippen molar-refractivity contribution < 1.29 is 33.8 Å². The van der Waals surface area contributed by atoms with Gasteiger partial charge in [0.25, 0.3) is 5.91 Å². The van der Waals surface area contributed by atoms with Crippen molar-refractivity contribution in [3.05, 3.63) is 82.2 Å². The third-order valence-electron chi connectivity index (χ3n) is 6.92. The standard InChI is InChI=1S/C30H35N5O7S/c1-20-10-12-43-27(20)28(37)34-15-22(29(38)39)14-33-26(36)19-41-24-13-23(16-32-25-9-5-6-11-31-25)35(17-24)30(40)42-18-21-7-3-2-4-8-21/h2-12,22-24H,13-19H2,1H3,(H,31,32)(H,33,36)(H,34,37)(H,38,39)/t22-,23+,24-/m1/s1. The zero-order valence-electron chi connectivity index (χ0n) is 23.7. The van der Waals surface area contributed by atoms with Crippen LogP contribution in [0.2, 0.25) is 0 Å². The molecular formula is C30H35N5O7S. The first-order chi connectivity index (χ1) is 20.8. The molecule has 3 aromatic rings. The number of aliphatic carboxylic acids is 1. The number of thiophene rings is 1. The molecule has 3 amide bonds. The maximum Gasteiger partial charge on any atom is 0.410 e. The van der Waals surface area contributed by atoms with Gasteiger partial charge in [-0.15, -0.1) is 11.3 Å². The van der Waals surface area contributed by atoms with E-state index in [1.165, 1.54) is 11.3 Å². The summed E-state index contributed by atoms with van der Waals surface area (Å²) in [4.78, 5) is 55.9. The molecule has 43 heavy (non-hydrogen) atoms. The van der Waals surface area contributed by atoms with Crippen LogP contribution in [0.25, 0.3) is 0 Å². The number of hydrogen-bond donors (Lipinski definition) is 4. The molecular weight excluding hydrogens is 574 g/mol. The van der Waals surface area contributed by atoms with E-state index in [9.17, 15) is 24.3 Å². The minimum Gasteiger partial charge on any atom is -0.481 e. The van der Waals surface area contributed by atoms with Gasteiger partial charge >= 0.3 is 12.1 Å². The minimum absolute atomic E-state index is 0.128. The predicted octanol–water partition coefficient (Wildman–Crippen LogP) is 2.91. The number of nitrogens with one attached hydrogen (secondary N) is 3. The summed E-state index contributed by atoms with van der Waals surface area (Å²) in [5.74, 6) is -2.35. The van der Waals surface area contributed by atoms with Gasteiger partial charge in [-0.25, -0.2) is 9.78 Å². The molecule has 4 N–H and O–H groups in total. The number of carbonyl (C=O) groups excluding carboxylic acids is 3. The lowest BCUT2D eigenvalue weighted by molar-refractivity contribution is -0.141. The lowest BCUT2D eigenvalue weighted by Gasteiger charge is -2.24. The van der Waals surface area contributed by atoms with Crippen LogP contribution in [0.4, 0.5) is 10.6 Å². The van der Waals surface area contributed by atoms with Gasteiger partial charge in [-0.2, -0.15) is 0 Å². The first kappa shape index (κ1) is 31.4. The second kappa shape index (κ2) is 15.7. The van der Waals surface area contributed by atoms with E-state index < -0.39 is 30.0 Å². The van der Waals surface area contributed by atoms with Gasteiger partial charge < -0.3 is 35.4 Å². The molecule has 0 spiro atoms. The molecule has 13 heteroatoms. The maximum absolute atomic E-state index is 13.0. The SMILES string of the molecule is Cc1ccsc1C(=O)NC[C@@H](CNC(=O)CO[C@@H]1C[C@@H](CNc2ccccn2)N(C(=O)OCc2ccccc2)C1)C(=O)O. The van der Waals surface area contributed by atoms with Gasteiger partial charge in [0.1, 0.15) is 19.0 Å². The molecule has 2 aromatic heterocycles. The van der Waals surface area contributed by atoms with Crippen LogP contribution < -0.4 is 16.0 Å². The van der Waals surface area contributed by atoms with E-state index in [-0.39, 0.29) is 44.8 Å². The fraction of sp³-hybridized carbons (Fsp3) is 0.367. The number of likely N-dealkylation sites (tertiary alicyclic amines) is 1. The Labute approximate surface area is 253 Å². The fourth-order valence-electron chi connectivity index (χ4n) is 4.53. The van der Waals surface area contributed by atoms with Gasteiger partial charge in [-0.3, -0.25) is 14.4 Å². The van der Waals surface area contributed by atoms with Crippen LogP contribution in [-0.2, 0) is 25.7 Å². The average Bonchev–Trinajstić information content (AvgIpc) is 3.64. The summed E-state index contributed by atoms with van der Waals surface area (Å²) in [6.45, 7) is 1.92.